The molecular weight excluding hydrogens is 365 g/mol. The zero-order chi connectivity index (χ0) is 18.2. The number of ether oxygens (including phenoxy) is 2. The van der Waals surface area contributed by atoms with Crippen LogP contribution in [0.25, 0.3) is 0 Å². The van der Waals surface area contributed by atoms with E-state index in [1.165, 1.54) is 18.2 Å². The number of amides is 1. The highest BCUT2D eigenvalue weighted by molar-refractivity contribution is 6.42. The summed E-state index contributed by atoms with van der Waals surface area (Å²) in [6.07, 6.45) is 0. The number of nitrogens with one attached hydrogen (secondary N) is 1. The summed E-state index contributed by atoms with van der Waals surface area (Å²) in [5.74, 6) is -0.290. The molecule has 1 N–H and O–H groups in total. The summed E-state index contributed by atoms with van der Waals surface area (Å²) in [5, 5.41) is 3.08. The predicted octanol–water partition coefficient (Wildman–Crippen LogP) is 3.65. The molecule has 1 amide bonds. The summed E-state index contributed by atoms with van der Waals surface area (Å²) in [6, 6.07) is 12.0. The largest absolute Gasteiger partial charge is 0.490 e. The Hall–Kier alpha value is -2.24. The van der Waals surface area contributed by atoms with Crippen molar-refractivity contribution in [2.24, 2.45) is 0 Å². The highest BCUT2D eigenvalue weighted by Crippen LogP contribution is 2.22. The molecule has 0 aliphatic rings. The molecule has 0 radical (unpaired) electrons. The van der Waals surface area contributed by atoms with Crippen LogP contribution in [0.4, 0.5) is 0 Å². The van der Waals surface area contributed by atoms with Gasteiger partial charge in [0.2, 0.25) is 0 Å². The first-order valence-corrected chi connectivity index (χ1v) is 8.29. The van der Waals surface area contributed by atoms with Gasteiger partial charge in [0.05, 0.1) is 10.0 Å². The lowest BCUT2D eigenvalue weighted by Gasteiger charge is -2.09. The van der Waals surface area contributed by atoms with Crippen molar-refractivity contribution in [2.75, 3.05) is 19.8 Å². The van der Waals surface area contributed by atoms with E-state index in [2.05, 4.69) is 5.32 Å². The average Bonchev–Trinajstić information content (AvgIpc) is 2.60. The lowest BCUT2D eigenvalue weighted by atomic mass is 10.2. The van der Waals surface area contributed by atoms with E-state index < -0.39 is 11.9 Å². The van der Waals surface area contributed by atoms with E-state index in [-0.39, 0.29) is 24.8 Å². The van der Waals surface area contributed by atoms with Crippen LogP contribution in [0.2, 0.25) is 10.0 Å². The maximum absolute atomic E-state index is 11.9. The van der Waals surface area contributed by atoms with E-state index in [1.54, 1.807) is 0 Å². The van der Waals surface area contributed by atoms with Crippen molar-refractivity contribution < 1.29 is 19.1 Å². The number of rotatable bonds is 7. The standard InChI is InChI=1S/C18H17Cl2NO4/c1-12-2-5-14(6-3-12)24-8-9-25-17(22)11-21-18(23)13-4-7-15(19)16(20)10-13/h2-7,10H,8-9,11H2,1H3,(H,21,23). The van der Waals surface area contributed by atoms with Crippen LogP contribution in [0.15, 0.2) is 42.5 Å². The molecule has 0 fully saturated rings. The van der Waals surface area contributed by atoms with Crippen molar-refractivity contribution in [2.45, 2.75) is 6.92 Å². The molecule has 0 saturated heterocycles. The van der Waals surface area contributed by atoms with Crippen molar-refractivity contribution >= 4 is 35.1 Å². The van der Waals surface area contributed by atoms with Gasteiger partial charge < -0.3 is 14.8 Å². The minimum atomic E-state index is -0.555. The second-order valence-electron chi connectivity index (χ2n) is 5.19. The quantitative estimate of drug-likeness (QED) is 0.587. The maximum Gasteiger partial charge on any atom is 0.325 e. The third-order valence-electron chi connectivity index (χ3n) is 3.21. The van der Waals surface area contributed by atoms with Crippen molar-refractivity contribution in [1.29, 1.82) is 0 Å². The van der Waals surface area contributed by atoms with Crippen LogP contribution in [-0.2, 0) is 9.53 Å². The molecule has 2 aromatic carbocycles. The van der Waals surface area contributed by atoms with Gasteiger partial charge in [-0.2, -0.15) is 0 Å². The first-order chi connectivity index (χ1) is 12.0. The first-order valence-electron chi connectivity index (χ1n) is 7.54. The van der Waals surface area contributed by atoms with E-state index in [9.17, 15) is 9.59 Å². The van der Waals surface area contributed by atoms with Crippen LogP contribution in [0.3, 0.4) is 0 Å². The fourth-order valence-electron chi connectivity index (χ4n) is 1.89. The Morgan fingerprint density at radius 1 is 1.00 bits per heavy atom. The van der Waals surface area contributed by atoms with Crippen molar-refractivity contribution in [3.63, 3.8) is 0 Å². The zero-order valence-corrected chi connectivity index (χ0v) is 15.1. The Labute approximate surface area is 155 Å². The maximum atomic E-state index is 11.9. The van der Waals surface area contributed by atoms with E-state index in [1.807, 2.05) is 31.2 Å². The lowest BCUT2D eigenvalue weighted by molar-refractivity contribution is -0.143. The number of hydrogen-bond acceptors (Lipinski definition) is 4. The number of hydrogen-bond donors (Lipinski definition) is 1. The minimum absolute atomic E-state index is 0.0926. The van der Waals surface area contributed by atoms with Crippen molar-refractivity contribution in [3.8, 4) is 5.75 Å². The molecule has 0 heterocycles. The molecule has 0 saturated carbocycles. The van der Waals surface area contributed by atoms with Crippen molar-refractivity contribution in [1.82, 2.24) is 5.32 Å². The summed E-state index contributed by atoms with van der Waals surface area (Å²) in [5.41, 5.74) is 1.45. The van der Waals surface area contributed by atoms with Crippen LogP contribution >= 0.6 is 23.2 Å². The second-order valence-corrected chi connectivity index (χ2v) is 6.01. The lowest BCUT2D eigenvalue weighted by Crippen LogP contribution is -2.31. The van der Waals surface area contributed by atoms with Gasteiger partial charge in [0.15, 0.2) is 0 Å². The molecule has 0 aliphatic carbocycles. The van der Waals surface area contributed by atoms with E-state index in [0.717, 1.165) is 5.56 Å². The number of halogens is 2. The van der Waals surface area contributed by atoms with Gasteiger partial charge in [0.1, 0.15) is 25.5 Å². The summed E-state index contributed by atoms with van der Waals surface area (Å²) in [7, 11) is 0. The summed E-state index contributed by atoms with van der Waals surface area (Å²) in [6.45, 7) is 2.06. The molecule has 0 aliphatic heterocycles. The molecule has 0 spiro atoms. The second kappa shape index (κ2) is 9.30. The van der Waals surface area contributed by atoms with Gasteiger partial charge in [-0.15, -0.1) is 0 Å². The molecule has 25 heavy (non-hydrogen) atoms. The highest BCUT2D eigenvalue weighted by Gasteiger charge is 2.10. The SMILES string of the molecule is Cc1ccc(OCCOC(=O)CNC(=O)c2ccc(Cl)c(Cl)c2)cc1. The molecule has 0 bridgehead atoms. The van der Waals surface area contributed by atoms with Crippen LogP contribution in [0, 0.1) is 6.92 Å². The average molecular weight is 382 g/mol. The number of carbonyl (C=O) groups is 2. The highest BCUT2D eigenvalue weighted by atomic mass is 35.5. The predicted molar refractivity (Wildman–Crippen MR) is 96.4 cm³/mol. The van der Waals surface area contributed by atoms with Crippen LogP contribution < -0.4 is 10.1 Å². The Bertz CT molecular complexity index is 747. The molecule has 132 valence electrons. The number of esters is 1. The fourth-order valence-corrected chi connectivity index (χ4v) is 2.19. The van der Waals surface area contributed by atoms with Crippen LogP contribution in [-0.4, -0.2) is 31.6 Å². The third-order valence-corrected chi connectivity index (χ3v) is 3.95. The first kappa shape index (κ1) is 19.1. The topological polar surface area (TPSA) is 64.6 Å². The molecule has 5 nitrogen and oxygen atoms in total. The zero-order valence-electron chi connectivity index (χ0n) is 13.6. The van der Waals surface area contributed by atoms with Gasteiger partial charge in [-0.3, -0.25) is 9.59 Å². The Kier molecular flexibility index (Phi) is 7.10. The fraction of sp³-hybridized carbons (Fsp3) is 0.222. The number of aryl methyl sites for hydroxylation is 1. The summed E-state index contributed by atoms with van der Waals surface area (Å²) >= 11 is 11.6. The molecule has 0 atom stereocenters. The monoisotopic (exact) mass is 381 g/mol. The third kappa shape index (κ3) is 6.29. The van der Waals surface area contributed by atoms with Gasteiger partial charge in [-0.05, 0) is 37.3 Å². The van der Waals surface area contributed by atoms with E-state index in [0.29, 0.717) is 16.3 Å². The summed E-state index contributed by atoms with van der Waals surface area (Å²) in [4.78, 5) is 23.5. The van der Waals surface area contributed by atoms with E-state index >= 15 is 0 Å². The smallest absolute Gasteiger partial charge is 0.325 e. The number of carbonyl (C=O) groups excluding carboxylic acids is 2. The molecule has 0 unspecified atom stereocenters. The molecule has 2 rings (SSSR count). The molecule has 0 aromatic heterocycles. The van der Waals surface area contributed by atoms with Gasteiger partial charge in [-0.25, -0.2) is 0 Å². The Morgan fingerprint density at radius 2 is 1.72 bits per heavy atom. The van der Waals surface area contributed by atoms with Crippen LogP contribution in [0.5, 0.6) is 5.75 Å². The van der Waals surface area contributed by atoms with Crippen LogP contribution in [0.1, 0.15) is 15.9 Å². The van der Waals surface area contributed by atoms with E-state index in [4.69, 9.17) is 32.7 Å². The molecule has 2 aromatic rings. The minimum Gasteiger partial charge on any atom is -0.490 e. The van der Waals surface area contributed by atoms with Gasteiger partial charge in [-0.1, -0.05) is 40.9 Å². The van der Waals surface area contributed by atoms with Gasteiger partial charge >= 0.3 is 5.97 Å². The molecule has 7 heteroatoms. The normalized spacial score (nSPS) is 10.2. The number of benzene rings is 2. The summed E-state index contributed by atoms with van der Waals surface area (Å²) < 4.78 is 10.4. The Morgan fingerprint density at radius 3 is 2.40 bits per heavy atom. The van der Waals surface area contributed by atoms with Crippen molar-refractivity contribution in [3.05, 3.63) is 63.6 Å². The van der Waals surface area contributed by atoms with Gasteiger partial charge in [0.25, 0.3) is 5.91 Å². The Balaban J connectivity index is 1.67. The van der Waals surface area contributed by atoms with Gasteiger partial charge in [0, 0.05) is 5.56 Å². The molecular formula is C18H17Cl2NO4.